The lowest BCUT2D eigenvalue weighted by Gasteiger charge is -2.08. The van der Waals surface area contributed by atoms with Crippen LogP contribution >= 0.6 is 28.3 Å². The average molecular weight is 310 g/mol. The van der Waals surface area contributed by atoms with Crippen LogP contribution in [0, 0.1) is 0 Å². The SMILES string of the molecule is CNCC(=O)Nc1ccc(Br)c(OC)c1.Cl. The monoisotopic (exact) mass is 308 g/mol. The van der Waals surface area contributed by atoms with Crippen LogP contribution in [0.15, 0.2) is 22.7 Å². The number of hydrogen-bond acceptors (Lipinski definition) is 3. The second-order valence-corrected chi connectivity index (χ2v) is 3.78. The first-order valence-corrected chi connectivity index (χ1v) is 5.24. The number of ether oxygens (including phenoxy) is 1. The summed E-state index contributed by atoms with van der Waals surface area (Å²) in [5.74, 6) is 0.610. The minimum Gasteiger partial charge on any atom is -0.495 e. The summed E-state index contributed by atoms with van der Waals surface area (Å²) in [6, 6.07) is 5.39. The fourth-order valence-corrected chi connectivity index (χ4v) is 1.51. The van der Waals surface area contributed by atoms with Gasteiger partial charge in [-0.1, -0.05) is 0 Å². The predicted molar refractivity (Wildman–Crippen MR) is 70.5 cm³/mol. The second-order valence-electron chi connectivity index (χ2n) is 2.93. The van der Waals surface area contributed by atoms with Gasteiger partial charge in [-0.3, -0.25) is 4.79 Å². The van der Waals surface area contributed by atoms with Crippen LogP contribution < -0.4 is 15.4 Å². The van der Waals surface area contributed by atoms with Crippen LogP contribution in [0.3, 0.4) is 0 Å². The molecule has 0 spiro atoms. The van der Waals surface area contributed by atoms with Crippen LogP contribution in [0.2, 0.25) is 0 Å². The molecule has 0 saturated heterocycles. The highest BCUT2D eigenvalue weighted by atomic mass is 79.9. The lowest BCUT2D eigenvalue weighted by Crippen LogP contribution is -2.25. The number of likely N-dealkylation sites (N-methyl/N-ethyl adjacent to an activating group) is 1. The Morgan fingerprint density at radius 3 is 2.75 bits per heavy atom. The second kappa shape index (κ2) is 7.49. The van der Waals surface area contributed by atoms with Gasteiger partial charge in [0, 0.05) is 11.8 Å². The van der Waals surface area contributed by atoms with Gasteiger partial charge in [0.25, 0.3) is 0 Å². The Balaban J connectivity index is 0.00000225. The van der Waals surface area contributed by atoms with E-state index in [4.69, 9.17) is 4.74 Å². The van der Waals surface area contributed by atoms with Gasteiger partial charge in [-0.05, 0) is 35.1 Å². The van der Waals surface area contributed by atoms with E-state index in [9.17, 15) is 4.79 Å². The maximum atomic E-state index is 11.3. The van der Waals surface area contributed by atoms with E-state index >= 15 is 0 Å². The molecule has 0 aliphatic heterocycles. The number of methoxy groups -OCH3 is 1. The number of benzene rings is 1. The molecule has 90 valence electrons. The molecule has 0 bridgehead atoms. The molecule has 6 heteroatoms. The van der Waals surface area contributed by atoms with E-state index in [0.29, 0.717) is 12.3 Å². The molecule has 0 fully saturated rings. The zero-order valence-electron chi connectivity index (χ0n) is 9.04. The van der Waals surface area contributed by atoms with Crippen LogP contribution in [0.4, 0.5) is 5.69 Å². The van der Waals surface area contributed by atoms with Crippen molar-refractivity contribution in [2.45, 2.75) is 0 Å². The van der Waals surface area contributed by atoms with Gasteiger partial charge in [-0.2, -0.15) is 0 Å². The van der Waals surface area contributed by atoms with Gasteiger partial charge in [0.2, 0.25) is 5.91 Å². The Kier molecular flexibility index (Phi) is 7.12. The van der Waals surface area contributed by atoms with Crippen molar-refractivity contribution < 1.29 is 9.53 Å². The lowest BCUT2D eigenvalue weighted by atomic mass is 10.3. The van der Waals surface area contributed by atoms with Crippen LogP contribution in [-0.4, -0.2) is 26.6 Å². The Morgan fingerprint density at radius 1 is 1.50 bits per heavy atom. The summed E-state index contributed by atoms with van der Waals surface area (Å²) in [6.45, 7) is 0.290. The number of carbonyl (C=O) groups is 1. The van der Waals surface area contributed by atoms with Gasteiger partial charge in [0.15, 0.2) is 0 Å². The molecule has 0 heterocycles. The highest BCUT2D eigenvalue weighted by molar-refractivity contribution is 9.10. The fraction of sp³-hybridized carbons (Fsp3) is 0.300. The van der Waals surface area contributed by atoms with Crippen molar-refractivity contribution in [1.29, 1.82) is 0 Å². The van der Waals surface area contributed by atoms with Crippen LogP contribution in [0.1, 0.15) is 0 Å². The molecule has 0 radical (unpaired) electrons. The first-order chi connectivity index (χ1) is 7.17. The topological polar surface area (TPSA) is 50.4 Å². The maximum absolute atomic E-state index is 11.3. The molecule has 1 rings (SSSR count). The molecule has 0 unspecified atom stereocenters. The van der Waals surface area contributed by atoms with Crippen molar-refractivity contribution in [2.24, 2.45) is 0 Å². The third-order valence-electron chi connectivity index (χ3n) is 1.77. The Bertz CT molecular complexity index is 361. The molecule has 4 nitrogen and oxygen atoms in total. The van der Waals surface area contributed by atoms with Crippen molar-refractivity contribution in [1.82, 2.24) is 5.32 Å². The molecule has 0 atom stereocenters. The molecule has 1 amide bonds. The summed E-state index contributed by atoms with van der Waals surface area (Å²) in [5.41, 5.74) is 0.718. The molecular weight excluding hydrogens is 295 g/mol. The fourth-order valence-electron chi connectivity index (χ4n) is 1.10. The molecule has 0 saturated carbocycles. The summed E-state index contributed by atoms with van der Waals surface area (Å²) in [4.78, 5) is 11.3. The molecule has 0 aliphatic rings. The van der Waals surface area contributed by atoms with E-state index in [2.05, 4.69) is 26.6 Å². The van der Waals surface area contributed by atoms with Crippen molar-refractivity contribution >= 4 is 39.9 Å². The molecule has 0 aromatic heterocycles. The quantitative estimate of drug-likeness (QED) is 0.895. The molecule has 0 aliphatic carbocycles. The summed E-state index contributed by atoms with van der Waals surface area (Å²) < 4.78 is 5.97. The van der Waals surface area contributed by atoms with Gasteiger partial charge < -0.3 is 15.4 Å². The van der Waals surface area contributed by atoms with Gasteiger partial charge in [-0.15, -0.1) is 12.4 Å². The Labute approximate surface area is 109 Å². The van der Waals surface area contributed by atoms with Gasteiger partial charge >= 0.3 is 0 Å². The van der Waals surface area contributed by atoms with Crippen molar-refractivity contribution in [3.05, 3.63) is 22.7 Å². The number of nitrogens with one attached hydrogen (secondary N) is 2. The predicted octanol–water partition coefficient (Wildman–Crippen LogP) is 2.04. The van der Waals surface area contributed by atoms with Gasteiger partial charge in [-0.25, -0.2) is 0 Å². The zero-order chi connectivity index (χ0) is 11.3. The maximum Gasteiger partial charge on any atom is 0.238 e. The summed E-state index contributed by atoms with van der Waals surface area (Å²) in [5, 5.41) is 5.52. The van der Waals surface area contributed by atoms with Crippen molar-refractivity contribution in [3.63, 3.8) is 0 Å². The number of halogens is 2. The minimum absolute atomic E-state index is 0. The molecule has 1 aromatic carbocycles. The molecule has 16 heavy (non-hydrogen) atoms. The molecule has 2 N–H and O–H groups in total. The normalized spacial score (nSPS) is 9.19. The number of hydrogen-bond donors (Lipinski definition) is 2. The van der Waals surface area contributed by atoms with Crippen molar-refractivity contribution in [2.75, 3.05) is 26.0 Å². The van der Waals surface area contributed by atoms with E-state index in [1.54, 1.807) is 26.3 Å². The Morgan fingerprint density at radius 2 is 2.19 bits per heavy atom. The summed E-state index contributed by atoms with van der Waals surface area (Å²) >= 11 is 3.34. The van der Waals surface area contributed by atoms with E-state index in [-0.39, 0.29) is 18.3 Å². The first-order valence-electron chi connectivity index (χ1n) is 4.45. The number of carbonyl (C=O) groups excluding carboxylic acids is 1. The Hall–Kier alpha value is -0.780. The van der Waals surface area contributed by atoms with Gasteiger partial charge in [0.1, 0.15) is 5.75 Å². The highest BCUT2D eigenvalue weighted by Gasteiger charge is 2.04. The zero-order valence-corrected chi connectivity index (χ0v) is 11.4. The van der Waals surface area contributed by atoms with Gasteiger partial charge in [0.05, 0.1) is 18.1 Å². The summed E-state index contributed by atoms with van der Waals surface area (Å²) in [7, 11) is 3.31. The highest BCUT2D eigenvalue weighted by Crippen LogP contribution is 2.27. The molecule has 1 aromatic rings. The largest absolute Gasteiger partial charge is 0.495 e. The molecular formula is C10H14BrClN2O2. The minimum atomic E-state index is -0.0816. The average Bonchev–Trinajstić information content (AvgIpc) is 2.21. The lowest BCUT2D eigenvalue weighted by molar-refractivity contribution is -0.115. The van der Waals surface area contributed by atoms with Crippen LogP contribution in [-0.2, 0) is 4.79 Å². The first kappa shape index (κ1) is 15.2. The third-order valence-corrected chi connectivity index (χ3v) is 2.43. The third kappa shape index (κ3) is 4.38. The van der Waals surface area contributed by atoms with E-state index in [1.807, 2.05) is 6.07 Å². The van der Waals surface area contributed by atoms with E-state index in [1.165, 1.54) is 0 Å². The van der Waals surface area contributed by atoms with Crippen LogP contribution in [0.25, 0.3) is 0 Å². The number of rotatable bonds is 4. The standard InChI is InChI=1S/C10H13BrN2O2.ClH/c1-12-6-10(14)13-7-3-4-8(11)9(5-7)15-2;/h3-5,12H,6H2,1-2H3,(H,13,14);1H. The van der Waals surface area contributed by atoms with Crippen LogP contribution in [0.5, 0.6) is 5.75 Å². The number of amides is 1. The van der Waals surface area contributed by atoms with E-state index in [0.717, 1.165) is 10.2 Å². The smallest absolute Gasteiger partial charge is 0.238 e. The van der Waals surface area contributed by atoms with E-state index < -0.39 is 0 Å². The van der Waals surface area contributed by atoms with Crippen molar-refractivity contribution in [3.8, 4) is 5.75 Å². The number of anilines is 1. The summed E-state index contributed by atoms with van der Waals surface area (Å²) in [6.07, 6.45) is 0.